The van der Waals surface area contributed by atoms with E-state index in [1.807, 2.05) is 0 Å². The lowest BCUT2D eigenvalue weighted by Crippen LogP contribution is -2.26. The lowest BCUT2D eigenvalue weighted by molar-refractivity contribution is 0.475. The van der Waals surface area contributed by atoms with Crippen molar-refractivity contribution >= 4 is 0 Å². The second-order valence-corrected chi connectivity index (χ2v) is 4.62. The molecule has 0 spiro atoms. The highest BCUT2D eigenvalue weighted by atomic mass is 15.3. The van der Waals surface area contributed by atoms with Crippen LogP contribution in [0.15, 0.2) is 0 Å². The Morgan fingerprint density at radius 1 is 0.688 bits per heavy atom. The third-order valence-corrected chi connectivity index (χ3v) is 2.88. The Kier molecular flexibility index (Phi) is 14.8. The van der Waals surface area contributed by atoms with E-state index in [9.17, 15) is 0 Å². The average Bonchev–Trinajstić information content (AvgIpc) is 2.31. The molecule has 0 aliphatic carbocycles. The van der Waals surface area contributed by atoms with Crippen molar-refractivity contribution in [3.63, 3.8) is 0 Å². The molecule has 0 aromatic heterocycles. The molecule has 0 saturated carbocycles. The molecule has 0 atom stereocenters. The van der Waals surface area contributed by atoms with Gasteiger partial charge < -0.3 is 0 Å². The predicted molar refractivity (Wildman–Crippen MR) is 72.5 cm³/mol. The maximum absolute atomic E-state index is 4.34. The van der Waals surface area contributed by atoms with Crippen LogP contribution in [0.2, 0.25) is 0 Å². The lowest BCUT2D eigenvalue weighted by Gasteiger charge is -2.04. The summed E-state index contributed by atoms with van der Waals surface area (Å²) in [5.74, 6) is 0. The van der Waals surface area contributed by atoms with Crippen LogP contribution in [0.25, 0.3) is 0 Å². The Balaban J connectivity index is 2.83. The van der Waals surface area contributed by atoms with Crippen molar-refractivity contribution in [3.05, 3.63) is 0 Å². The molecule has 16 heavy (non-hydrogen) atoms. The Morgan fingerprint density at radius 2 is 1.25 bits per heavy atom. The van der Waals surface area contributed by atoms with E-state index >= 15 is 0 Å². The Morgan fingerprint density at radius 3 is 1.88 bits per heavy atom. The minimum atomic E-state index is 0.999. The number of rotatable bonds is 13. The maximum Gasteiger partial charge on any atom is 0.0304 e. The molecule has 0 aliphatic heterocycles. The van der Waals surface area contributed by atoms with E-state index in [2.05, 4.69) is 24.7 Å². The van der Waals surface area contributed by atoms with E-state index in [1.54, 1.807) is 0 Å². The van der Waals surface area contributed by atoms with Crippen LogP contribution in [-0.2, 0) is 0 Å². The zero-order valence-corrected chi connectivity index (χ0v) is 11.4. The minimum absolute atomic E-state index is 0.999. The van der Waals surface area contributed by atoms with Crippen molar-refractivity contribution in [1.29, 1.82) is 0 Å². The molecular formula is C14H31N2. The monoisotopic (exact) mass is 227 g/mol. The highest BCUT2D eigenvalue weighted by molar-refractivity contribution is 4.47. The summed E-state index contributed by atoms with van der Waals surface area (Å²) in [7, 11) is 0. The third kappa shape index (κ3) is 13.9. The first-order chi connectivity index (χ1) is 7.91. The summed E-state index contributed by atoms with van der Waals surface area (Å²) in [6.45, 7) is 6.58. The van der Waals surface area contributed by atoms with E-state index in [0.717, 1.165) is 13.1 Å². The van der Waals surface area contributed by atoms with Gasteiger partial charge in [-0.05, 0) is 12.8 Å². The fourth-order valence-electron chi connectivity index (χ4n) is 1.76. The standard InChI is InChI=1S/C14H31N2/c1-3-5-7-9-11-13-15-16-14-12-10-8-6-4-2/h15H,3-14H2,1-2H3. The zero-order chi connectivity index (χ0) is 11.9. The molecule has 97 valence electrons. The highest BCUT2D eigenvalue weighted by Crippen LogP contribution is 2.02. The summed E-state index contributed by atoms with van der Waals surface area (Å²) < 4.78 is 0. The molecule has 0 rings (SSSR count). The normalized spacial score (nSPS) is 10.9. The van der Waals surface area contributed by atoms with Crippen LogP contribution >= 0.6 is 0 Å². The Hall–Kier alpha value is -0.0800. The van der Waals surface area contributed by atoms with Crippen LogP contribution in [0.5, 0.6) is 0 Å². The Labute approximate surface area is 103 Å². The third-order valence-electron chi connectivity index (χ3n) is 2.88. The highest BCUT2D eigenvalue weighted by Gasteiger charge is 1.91. The number of hydrogen-bond acceptors (Lipinski definition) is 1. The number of unbranched alkanes of at least 4 members (excludes halogenated alkanes) is 8. The van der Waals surface area contributed by atoms with Crippen molar-refractivity contribution in [2.45, 2.75) is 78.1 Å². The van der Waals surface area contributed by atoms with Gasteiger partial charge in [-0.3, -0.25) is 0 Å². The lowest BCUT2D eigenvalue weighted by atomic mass is 10.1. The number of hydrogen-bond donors (Lipinski definition) is 1. The van der Waals surface area contributed by atoms with Crippen molar-refractivity contribution in [3.8, 4) is 0 Å². The second-order valence-electron chi connectivity index (χ2n) is 4.62. The van der Waals surface area contributed by atoms with Gasteiger partial charge in [0.15, 0.2) is 0 Å². The van der Waals surface area contributed by atoms with Gasteiger partial charge in [-0.15, -0.1) is 0 Å². The molecule has 0 unspecified atom stereocenters. The van der Waals surface area contributed by atoms with Gasteiger partial charge >= 0.3 is 0 Å². The summed E-state index contributed by atoms with van der Waals surface area (Å²) in [6, 6.07) is 0. The van der Waals surface area contributed by atoms with E-state index in [1.165, 1.54) is 64.2 Å². The first-order valence-corrected chi connectivity index (χ1v) is 7.31. The van der Waals surface area contributed by atoms with Gasteiger partial charge in [0.2, 0.25) is 0 Å². The van der Waals surface area contributed by atoms with Crippen LogP contribution in [0.1, 0.15) is 78.1 Å². The van der Waals surface area contributed by atoms with Crippen LogP contribution in [-0.4, -0.2) is 13.1 Å². The van der Waals surface area contributed by atoms with Crippen LogP contribution in [0, 0.1) is 0 Å². The van der Waals surface area contributed by atoms with Gasteiger partial charge in [-0.1, -0.05) is 65.2 Å². The Bertz CT molecular complexity index is 101. The fourth-order valence-corrected chi connectivity index (χ4v) is 1.76. The second kappa shape index (κ2) is 14.9. The smallest absolute Gasteiger partial charge is 0.0304 e. The van der Waals surface area contributed by atoms with Gasteiger partial charge in [0.25, 0.3) is 0 Å². The average molecular weight is 227 g/mol. The molecule has 2 heteroatoms. The molecule has 0 aromatic rings. The zero-order valence-electron chi connectivity index (χ0n) is 11.4. The first kappa shape index (κ1) is 15.9. The molecule has 0 heterocycles. The summed E-state index contributed by atoms with van der Waals surface area (Å²) in [6.07, 6.45) is 13.4. The maximum atomic E-state index is 4.34. The SMILES string of the molecule is CCCCCCC[N]NCCCCCCC. The summed E-state index contributed by atoms with van der Waals surface area (Å²) in [5.41, 5.74) is 7.52. The number of nitrogens with zero attached hydrogens (tertiary/aromatic N) is 1. The molecule has 0 saturated heterocycles. The summed E-state index contributed by atoms with van der Waals surface area (Å²) in [4.78, 5) is 0. The summed E-state index contributed by atoms with van der Waals surface area (Å²) >= 11 is 0. The molecule has 1 radical (unpaired) electrons. The van der Waals surface area contributed by atoms with Gasteiger partial charge in [0, 0.05) is 13.1 Å². The molecular weight excluding hydrogens is 196 g/mol. The molecule has 0 aliphatic rings. The molecule has 0 fully saturated rings. The van der Waals surface area contributed by atoms with Crippen molar-refractivity contribution in [2.24, 2.45) is 0 Å². The van der Waals surface area contributed by atoms with Crippen molar-refractivity contribution in [2.75, 3.05) is 13.1 Å². The minimum Gasteiger partial charge on any atom is -0.240 e. The van der Waals surface area contributed by atoms with Crippen LogP contribution < -0.4 is 10.9 Å². The van der Waals surface area contributed by atoms with Crippen LogP contribution in [0.3, 0.4) is 0 Å². The van der Waals surface area contributed by atoms with Gasteiger partial charge in [0.1, 0.15) is 0 Å². The van der Waals surface area contributed by atoms with Gasteiger partial charge in [-0.2, -0.15) is 5.43 Å². The molecule has 2 nitrogen and oxygen atoms in total. The summed E-state index contributed by atoms with van der Waals surface area (Å²) in [5, 5.41) is 0. The van der Waals surface area contributed by atoms with Gasteiger partial charge in [0.05, 0.1) is 0 Å². The molecule has 0 aromatic carbocycles. The fraction of sp³-hybridized carbons (Fsp3) is 1.00. The first-order valence-electron chi connectivity index (χ1n) is 7.31. The van der Waals surface area contributed by atoms with E-state index in [-0.39, 0.29) is 0 Å². The van der Waals surface area contributed by atoms with Crippen LogP contribution in [0.4, 0.5) is 0 Å². The van der Waals surface area contributed by atoms with Crippen molar-refractivity contribution < 1.29 is 0 Å². The predicted octanol–water partition coefficient (Wildman–Crippen LogP) is 4.04. The molecule has 1 N–H and O–H groups in total. The largest absolute Gasteiger partial charge is 0.240 e. The van der Waals surface area contributed by atoms with E-state index in [4.69, 9.17) is 0 Å². The molecule has 0 amide bonds. The quantitative estimate of drug-likeness (QED) is 0.373. The van der Waals surface area contributed by atoms with Crippen molar-refractivity contribution in [1.82, 2.24) is 10.9 Å². The van der Waals surface area contributed by atoms with E-state index < -0.39 is 0 Å². The number of nitrogens with one attached hydrogen (secondary N) is 1. The molecule has 0 bridgehead atoms. The van der Waals surface area contributed by atoms with E-state index in [0.29, 0.717) is 0 Å². The van der Waals surface area contributed by atoms with Gasteiger partial charge in [-0.25, -0.2) is 5.43 Å². The topological polar surface area (TPSA) is 26.1 Å².